The second kappa shape index (κ2) is 7.78. The van der Waals surface area contributed by atoms with Crippen LogP contribution < -0.4 is 4.72 Å². The molecule has 0 saturated heterocycles. The highest BCUT2D eigenvalue weighted by Crippen LogP contribution is 2.00. The van der Waals surface area contributed by atoms with E-state index < -0.39 is 10.0 Å². The van der Waals surface area contributed by atoms with Crippen molar-refractivity contribution in [3.63, 3.8) is 0 Å². The van der Waals surface area contributed by atoms with Crippen LogP contribution in [0.25, 0.3) is 0 Å². The molecule has 0 fully saturated rings. The lowest BCUT2D eigenvalue weighted by molar-refractivity contribution is -0.754. The second-order valence-corrected chi connectivity index (χ2v) is 5.56. The molecule has 0 spiro atoms. The first kappa shape index (κ1) is 16.5. The van der Waals surface area contributed by atoms with Gasteiger partial charge in [0, 0.05) is 19.5 Å². The summed E-state index contributed by atoms with van der Waals surface area (Å²) in [6.07, 6.45) is 5.00. The molecule has 0 aliphatic rings. The first-order valence-electron chi connectivity index (χ1n) is 5.44. The fourth-order valence-electron chi connectivity index (χ4n) is 0.988. The van der Waals surface area contributed by atoms with E-state index in [0.717, 1.165) is 6.42 Å². The second-order valence-electron chi connectivity index (χ2n) is 3.75. The Kier molecular flexibility index (Phi) is 7.14. The molecule has 0 radical (unpaired) electrons. The highest BCUT2D eigenvalue weighted by atomic mass is 32.2. The third-order valence-corrected chi connectivity index (χ3v) is 3.31. The van der Waals surface area contributed by atoms with Crippen LogP contribution in [0, 0.1) is 4.91 Å². The number of nitrogens with one attached hydrogen (secondary N) is 1. The summed E-state index contributed by atoms with van der Waals surface area (Å²) in [6, 6.07) is 0. The summed E-state index contributed by atoms with van der Waals surface area (Å²) in [5.74, 6) is -0.198. The van der Waals surface area contributed by atoms with Gasteiger partial charge in [-0.25, -0.2) is 18.3 Å². The van der Waals surface area contributed by atoms with Crippen molar-refractivity contribution in [2.45, 2.75) is 20.3 Å². The van der Waals surface area contributed by atoms with Gasteiger partial charge in [-0.2, -0.15) is 0 Å². The zero-order valence-electron chi connectivity index (χ0n) is 10.6. The van der Waals surface area contributed by atoms with Gasteiger partial charge in [-0.1, -0.05) is 25.7 Å². The Morgan fingerprint density at radius 1 is 1.50 bits per heavy atom. The molecule has 0 unspecified atom stereocenters. The standard InChI is InChI=1S/C11H19N2O4S/c1-4-8-12-18(16,17)9-10(2)6-5-7-11(3)13(14)15/h5-7,12H,2,4,8-9H2,1,3H3,(H,14,15)/q+1/b6-5-,11-7+. The van der Waals surface area contributed by atoms with E-state index in [2.05, 4.69) is 11.3 Å². The maximum absolute atomic E-state index is 11.5. The lowest BCUT2D eigenvalue weighted by Gasteiger charge is -2.04. The normalized spacial score (nSPS) is 12.9. The molecule has 0 aliphatic heterocycles. The Morgan fingerprint density at radius 3 is 2.61 bits per heavy atom. The van der Waals surface area contributed by atoms with Gasteiger partial charge in [0.15, 0.2) is 0 Å². The van der Waals surface area contributed by atoms with Crippen LogP contribution in [0.2, 0.25) is 0 Å². The van der Waals surface area contributed by atoms with E-state index in [1.165, 1.54) is 25.2 Å². The van der Waals surface area contributed by atoms with E-state index in [4.69, 9.17) is 5.21 Å². The van der Waals surface area contributed by atoms with Crippen molar-refractivity contribution in [1.29, 1.82) is 0 Å². The average Bonchev–Trinajstić information content (AvgIpc) is 2.25. The SMILES string of the molecule is C=C(/C=C\C=C(/C)[N+](=O)O)CS(=O)(=O)NCCC. The van der Waals surface area contributed by atoms with Crippen molar-refractivity contribution < 1.29 is 18.5 Å². The molecular weight excluding hydrogens is 256 g/mol. The van der Waals surface area contributed by atoms with Crippen LogP contribution in [0.1, 0.15) is 20.3 Å². The minimum Gasteiger partial charge on any atom is -0.241 e. The predicted molar refractivity (Wildman–Crippen MR) is 69.5 cm³/mol. The topological polar surface area (TPSA) is 86.5 Å². The van der Waals surface area contributed by atoms with Crippen LogP contribution >= 0.6 is 0 Å². The minimum atomic E-state index is -3.35. The molecule has 0 atom stereocenters. The molecule has 0 bridgehead atoms. The summed E-state index contributed by atoms with van der Waals surface area (Å²) >= 11 is 0. The van der Waals surface area contributed by atoms with Gasteiger partial charge in [-0.05, 0) is 12.0 Å². The summed E-state index contributed by atoms with van der Waals surface area (Å²) in [5.41, 5.74) is 0.476. The van der Waals surface area contributed by atoms with E-state index in [1.807, 2.05) is 6.92 Å². The average molecular weight is 275 g/mol. The van der Waals surface area contributed by atoms with E-state index in [9.17, 15) is 13.3 Å². The summed E-state index contributed by atoms with van der Waals surface area (Å²) in [7, 11) is -3.35. The number of allylic oxidation sites excluding steroid dienone is 4. The number of sulfonamides is 1. The fraction of sp³-hybridized carbons (Fsp3) is 0.455. The smallest absolute Gasteiger partial charge is 0.241 e. The zero-order chi connectivity index (χ0) is 14.2. The van der Waals surface area contributed by atoms with E-state index in [0.29, 0.717) is 12.1 Å². The van der Waals surface area contributed by atoms with Crippen molar-refractivity contribution in [1.82, 2.24) is 4.72 Å². The molecule has 2 N–H and O–H groups in total. The van der Waals surface area contributed by atoms with Crippen LogP contribution in [0.5, 0.6) is 0 Å². The van der Waals surface area contributed by atoms with Gasteiger partial charge in [0.25, 0.3) is 10.6 Å². The Bertz CT molecular complexity index is 463. The first-order valence-corrected chi connectivity index (χ1v) is 7.10. The van der Waals surface area contributed by atoms with Gasteiger partial charge < -0.3 is 0 Å². The summed E-state index contributed by atoms with van der Waals surface area (Å²) < 4.78 is 25.4. The quantitative estimate of drug-likeness (QED) is 0.519. The predicted octanol–water partition coefficient (Wildman–Crippen LogP) is 1.50. The molecule has 0 aromatic rings. The van der Waals surface area contributed by atoms with Crippen molar-refractivity contribution >= 4 is 10.0 Å². The fourth-order valence-corrected chi connectivity index (χ4v) is 2.19. The molecule has 6 nitrogen and oxygen atoms in total. The van der Waals surface area contributed by atoms with Crippen molar-refractivity contribution in [3.05, 3.63) is 41.0 Å². The highest BCUT2D eigenvalue weighted by Gasteiger charge is 2.09. The lowest BCUT2D eigenvalue weighted by atomic mass is 10.3. The third-order valence-electron chi connectivity index (χ3n) is 1.92. The Morgan fingerprint density at radius 2 is 2.11 bits per heavy atom. The summed E-state index contributed by atoms with van der Waals surface area (Å²) in [5, 5.41) is 8.52. The van der Waals surface area contributed by atoms with Crippen molar-refractivity contribution in [2.24, 2.45) is 0 Å². The third kappa shape index (κ3) is 7.75. The Balaban J connectivity index is 4.40. The van der Waals surface area contributed by atoms with Gasteiger partial charge in [0.1, 0.15) is 0 Å². The van der Waals surface area contributed by atoms with Gasteiger partial charge in [-0.3, -0.25) is 0 Å². The van der Waals surface area contributed by atoms with E-state index in [1.54, 1.807) is 0 Å². The van der Waals surface area contributed by atoms with Crippen LogP contribution in [0.3, 0.4) is 0 Å². The molecule has 102 valence electrons. The highest BCUT2D eigenvalue weighted by molar-refractivity contribution is 7.89. The molecule has 0 aromatic carbocycles. The lowest BCUT2D eigenvalue weighted by Crippen LogP contribution is -2.27. The van der Waals surface area contributed by atoms with Crippen LogP contribution in [0.4, 0.5) is 0 Å². The van der Waals surface area contributed by atoms with Crippen LogP contribution in [-0.2, 0) is 10.0 Å². The molecule has 7 heteroatoms. The van der Waals surface area contributed by atoms with E-state index in [-0.39, 0.29) is 16.4 Å². The number of nitrogens with zero attached hydrogens (tertiary/aromatic N) is 1. The van der Waals surface area contributed by atoms with Gasteiger partial charge >= 0.3 is 0 Å². The van der Waals surface area contributed by atoms with E-state index >= 15 is 0 Å². The minimum absolute atomic E-state index is 0.0889. The molecule has 0 aliphatic carbocycles. The summed E-state index contributed by atoms with van der Waals surface area (Å²) in [6.45, 7) is 7.28. The molecule has 18 heavy (non-hydrogen) atoms. The number of rotatable bonds is 8. The number of hydrogen-bond acceptors (Lipinski definition) is 3. The molecule has 0 saturated carbocycles. The molecular formula is C11H19N2O4S+. The monoisotopic (exact) mass is 275 g/mol. The van der Waals surface area contributed by atoms with Gasteiger partial charge in [0.2, 0.25) is 10.0 Å². The molecule has 0 rings (SSSR count). The molecule has 0 amide bonds. The number of hydrogen-bond donors (Lipinski definition) is 2. The molecule has 0 heterocycles. The first-order chi connectivity index (χ1) is 8.28. The molecule has 0 aromatic heterocycles. The van der Waals surface area contributed by atoms with Crippen molar-refractivity contribution in [2.75, 3.05) is 12.3 Å². The zero-order valence-corrected chi connectivity index (χ0v) is 11.4. The Labute approximate surface area is 107 Å². The van der Waals surface area contributed by atoms with Crippen LogP contribution in [-0.4, -0.2) is 30.8 Å². The maximum Gasteiger partial charge on any atom is 0.290 e. The maximum atomic E-state index is 11.5. The Hall–Kier alpha value is -1.47. The van der Waals surface area contributed by atoms with Crippen molar-refractivity contribution in [3.8, 4) is 0 Å². The van der Waals surface area contributed by atoms with Gasteiger partial charge in [-0.15, -0.1) is 0 Å². The largest absolute Gasteiger partial charge is 0.290 e. The summed E-state index contributed by atoms with van der Waals surface area (Å²) in [4.78, 5) is 10.1. The van der Waals surface area contributed by atoms with Crippen LogP contribution in [0.15, 0.2) is 36.1 Å². The van der Waals surface area contributed by atoms with Gasteiger partial charge in [0.05, 0.1) is 10.7 Å².